The van der Waals surface area contributed by atoms with E-state index in [9.17, 15) is 0 Å². The van der Waals surface area contributed by atoms with E-state index in [0.717, 1.165) is 50.8 Å². The minimum absolute atomic E-state index is 0.400. The van der Waals surface area contributed by atoms with Crippen LogP contribution in [-0.4, -0.2) is 43.8 Å². The van der Waals surface area contributed by atoms with Crippen LogP contribution < -0.4 is 14.8 Å². The summed E-state index contributed by atoms with van der Waals surface area (Å²) in [7, 11) is 0. The van der Waals surface area contributed by atoms with Gasteiger partial charge >= 0.3 is 0 Å². The zero-order chi connectivity index (χ0) is 14.7. The molecule has 2 aliphatic rings. The molecule has 116 valence electrons. The molecule has 2 unspecified atom stereocenters. The monoisotopic (exact) mass is 290 g/mol. The molecule has 2 heterocycles. The van der Waals surface area contributed by atoms with E-state index in [1.54, 1.807) is 0 Å². The average molecular weight is 290 g/mol. The highest BCUT2D eigenvalue weighted by molar-refractivity contribution is 5.44. The van der Waals surface area contributed by atoms with E-state index < -0.39 is 0 Å². The predicted molar refractivity (Wildman–Crippen MR) is 84.1 cm³/mol. The molecule has 1 fully saturated rings. The number of hydrogen-bond acceptors (Lipinski definition) is 4. The van der Waals surface area contributed by atoms with Crippen molar-refractivity contribution in [3.05, 3.63) is 23.8 Å². The van der Waals surface area contributed by atoms with Crippen molar-refractivity contribution in [3.8, 4) is 11.5 Å². The molecule has 4 heteroatoms. The molecule has 2 atom stereocenters. The van der Waals surface area contributed by atoms with Crippen molar-refractivity contribution >= 4 is 0 Å². The minimum atomic E-state index is 0.400. The number of nitrogens with one attached hydrogen (secondary N) is 1. The molecule has 4 nitrogen and oxygen atoms in total. The number of ether oxygens (including phenoxy) is 2. The molecule has 0 spiro atoms. The predicted octanol–water partition coefficient (Wildman–Crippen LogP) is 2.59. The van der Waals surface area contributed by atoms with E-state index >= 15 is 0 Å². The summed E-state index contributed by atoms with van der Waals surface area (Å²) in [6, 6.07) is 7.45. The van der Waals surface area contributed by atoms with Crippen LogP contribution in [-0.2, 0) is 0 Å². The molecule has 0 aliphatic carbocycles. The lowest BCUT2D eigenvalue weighted by atomic mass is 10.0. The van der Waals surface area contributed by atoms with Crippen LogP contribution in [0.2, 0.25) is 0 Å². The summed E-state index contributed by atoms with van der Waals surface area (Å²) in [5.41, 5.74) is 1.31. The Morgan fingerprint density at radius 1 is 1.29 bits per heavy atom. The van der Waals surface area contributed by atoms with Crippen molar-refractivity contribution in [2.24, 2.45) is 0 Å². The molecule has 3 rings (SSSR count). The van der Waals surface area contributed by atoms with Crippen molar-refractivity contribution < 1.29 is 9.47 Å². The van der Waals surface area contributed by atoms with E-state index in [2.05, 4.69) is 42.3 Å². The lowest BCUT2D eigenvalue weighted by molar-refractivity contribution is 0.162. The van der Waals surface area contributed by atoms with Crippen molar-refractivity contribution in [2.45, 2.75) is 38.8 Å². The van der Waals surface area contributed by atoms with Gasteiger partial charge in [0.2, 0.25) is 0 Å². The lowest BCUT2D eigenvalue weighted by Gasteiger charge is -2.33. The van der Waals surface area contributed by atoms with Gasteiger partial charge in [-0.3, -0.25) is 4.90 Å². The second-order valence-corrected chi connectivity index (χ2v) is 5.91. The second kappa shape index (κ2) is 6.67. The number of rotatable bonds is 4. The van der Waals surface area contributed by atoms with Crippen LogP contribution in [0, 0.1) is 0 Å². The van der Waals surface area contributed by atoms with Crippen LogP contribution in [0.15, 0.2) is 18.2 Å². The number of hydrogen-bond donors (Lipinski definition) is 1. The maximum absolute atomic E-state index is 5.82. The third-order valence-electron chi connectivity index (χ3n) is 4.62. The molecule has 0 bridgehead atoms. The van der Waals surface area contributed by atoms with Crippen LogP contribution in [0.4, 0.5) is 0 Å². The van der Waals surface area contributed by atoms with E-state index in [1.807, 2.05) is 0 Å². The van der Waals surface area contributed by atoms with Crippen LogP contribution in [0.5, 0.6) is 11.5 Å². The smallest absolute Gasteiger partial charge is 0.161 e. The molecule has 0 radical (unpaired) electrons. The van der Waals surface area contributed by atoms with Crippen molar-refractivity contribution in [3.63, 3.8) is 0 Å². The fraction of sp³-hybridized carbons (Fsp3) is 0.647. The molecule has 0 aromatic heterocycles. The lowest BCUT2D eigenvalue weighted by Crippen LogP contribution is -2.38. The van der Waals surface area contributed by atoms with Crippen LogP contribution in [0.25, 0.3) is 0 Å². The first-order valence-electron chi connectivity index (χ1n) is 8.15. The van der Waals surface area contributed by atoms with Gasteiger partial charge in [-0.2, -0.15) is 0 Å². The van der Waals surface area contributed by atoms with E-state index in [4.69, 9.17) is 9.47 Å². The Labute approximate surface area is 127 Å². The van der Waals surface area contributed by atoms with Gasteiger partial charge in [-0.05, 0) is 44.1 Å². The highest BCUT2D eigenvalue weighted by Crippen LogP contribution is 2.34. The quantitative estimate of drug-likeness (QED) is 0.924. The molecule has 0 saturated carbocycles. The molecular formula is C17H26N2O2. The van der Waals surface area contributed by atoms with Crippen LogP contribution in [0.1, 0.15) is 38.3 Å². The van der Waals surface area contributed by atoms with Gasteiger partial charge in [-0.1, -0.05) is 13.0 Å². The summed E-state index contributed by atoms with van der Waals surface area (Å²) in [6.07, 6.45) is 2.19. The van der Waals surface area contributed by atoms with Gasteiger partial charge in [0.05, 0.1) is 13.2 Å². The van der Waals surface area contributed by atoms with Gasteiger partial charge in [0, 0.05) is 25.0 Å². The van der Waals surface area contributed by atoms with E-state index in [1.165, 1.54) is 12.0 Å². The van der Waals surface area contributed by atoms with Gasteiger partial charge in [-0.15, -0.1) is 0 Å². The highest BCUT2D eigenvalue weighted by Gasteiger charge is 2.26. The molecule has 21 heavy (non-hydrogen) atoms. The molecule has 1 aromatic carbocycles. The summed E-state index contributed by atoms with van der Waals surface area (Å²) >= 11 is 0. The van der Waals surface area contributed by atoms with Gasteiger partial charge < -0.3 is 14.8 Å². The number of benzene rings is 1. The summed E-state index contributed by atoms with van der Waals surface area (Å²) in [5.74, 6) is 1.78. The fourth-order valence-corrected chi connectivity index (χ4v) is 3.40. The van der Waals surface area contributed by atoms with Gasteiger partial charge in [-0.25, -0.2) is 0 Å². The first-order valence-corrected chi connectivity index (χ1v) is 8.15. The Bertz CT molecular complexity index is 472. The average Bonchev–Trinajstić information content (AvgIpc) is 2.92. The Hall–Kier alpha value is -1.26. The molecule has 1 aromatic rings. The zero-order valence-electron chi connectivity index (χ0n) is 13.1. The maximum atomic E-state index is 5.82. The highest BCUT2D eigenvalue weighted by atomic mass is 16.5. The molecule has 1 saturated heterocycles. The topological polar surface area (TPSA) is 33.7 Å². The number of fused-ring (bicyclic) bond motifs is 1. The Morgan fingerprint density at radius 3 is 2.81 bits per heavy atom. The number of nitrogens with zero attached hydrogens (tertiary/aromatic N) is 1. The largest absolute Gasteiger partial charge is 0.490 e. The third-order valence-corrected chi connectivity index (χ3v) is 4.62. The molecular weight excluding hydrogens is 264 g/mol. The van der Waals surface area contributed by atoms with Crippen LogP contribution in [0.3, 0.4) is 0 Å². The van der Waals surface area contributed by atoms with Crippen molar-refractivity contribution in [1.29, 1.82) is 0 Å². The van der Waals surface area contributed by atoms with Crippen molar-refractivity contribution in [2.75, 3.05) is 32.8 Å². The van der Waals surface area contributed by atoms with E-state index in [-0.39, 0.29) is 0 Å². The standard InChI is InChI=1S/C17H26N2O2/c1-3-19(15-7-8-18-12-15)13(2)14-5-6-16-17(11-14)21-10-4-9-20-16/h5-6,11,13,15,18H,3-4,7-10,12H2,1-2H3. The van der Waals surface area contributed by atoms with Crippen LogP contribution >= 0.6 is 0 Å². The SMILES string of the molecule is CCN(C1CCNC1)C(C)c1ccc2c(c1)OCCCO2. The first-order chi connectivity index (χ1) is 10.3. The van der Waals surface area contributed by atoms with Crippen molar-refractivity contribution in [1.82, 2.24) is 10.2 Å². The minimum Gasteiger partial charge on any atom is -0.490 e. The van der Waals surface area contributed by atoms with E-state index in [0.29, 0.717) is 12.1 Å². The molecule has 1 N–H and O–H groups in total. The van der Waals surface area contributed by atoms with Gasteiger partial charge in [0.1, 0.15) is 0 Å². The van der Waals surface area contributed by atoms with Gasteiger partial charge in [0.25, 0.3) is 0 Å². The molecule has 0 amide bonds. The normalized spacial score (nSPS) is 23.1. The second-order valence-electron chi connectivity index (χ2n) is 5.91. The first kappa shape index (κ1) is 14.7. The third kappa shape index (κ3) is 3.16. The Morgan fingerprint density at radius 2 is 2.10 bits per heavy atom. The van der Waals surface area contributed by atoms with Gasteiger partial charge in [0.15, 0.2) is 11.5 Å². The Balaban J connectivity index is 1.79. The zero-order valence-corrected chi connectivity index (χ0v) is 13.1. The fourth-order valence-electron chi connectivity index (χ4n) is 3.40. The summed E-state index contributed by atoms with van der Waals surface area (Å²) < 4.78 is 11.5. The summed E-state index contributed by atoms with van der Waals surface area (Å²) in [5, 5.41) is 3.47. The summed E-state index contributed by atoms with van der Waals surface area (Å²) in [4.78, 5) is 2.58. The Kier molecular flexibility index (Phi) is 4.66. The maximum Gasteiger partial charge on any atom is 0.161 e. The number of likely N-dealkylation sites (N-methyl/N-ethyl adjacent to an activating group) is 1. The summed E-state index contributed by atoms with van der Waals surface area (Å²) in [6.45, 7) is 9.34. The molecule has 2 aliphatic heterocycles.